The zero-order valence-corrected chi connectivity index (χ0v) is 19.3. The predicted molar refractivity (Wildman–Crippen MR) is 127 cm³/mol. The van der Waals surface area contributed by atoms with Crippen LogP contribution in [0.25, 0.3) is 17.5 Å². The van der Waals surface area contributed by atoms with E-state index in [9.17, 15) is 14.4 Å². The molecule has 11 heteroatoms. The van der Waals surface area contributed by atoms with Gasteiger partial charge in [-0.15, -0.1) is 10.2 Å². The molecular weight excluding hydrogens is 460 g/mol. The fraction of sp³-hybridized carbons (Fsp3) is 0.182. The second kappa shape index (κ2) is 10.5. The third-order valence-corrected chi connectivity index (χ3v) is 6.64. The molecule has 1 aliphatic heterocycles. The molecule has 1 saturated heterocycles. The van der Waals surface area contributed by atoms with Crippen LogP contribution in [0, 0.1) is 0 Å². The van der Waals surface area contributed by atoms with Crippen molar-refractivity contribution in [3.63, 3.8) is 0 Å². The fourth-order valence-electron chi connectivity index (χ4n) is 3.07. The normalized spacial score (nSPS) is 14.8. The molecule has 1 N–H and O–H groups in total. The van der Waals surface area contributed by atoms with Crippen molar-refractivity contribution in [3.8, 4) is 11.4 Å². The molecule has 1 aliphatic rings. The van der Waals surface area contributed by atoms with Crippen LogP contribution < -0.4 is 5.32 Å². The van der Waals surface area contributed by atoms with Crippen molar-refractivity contribution in [1.82, 2.24) is 30.0 Å². The van der Waals surface area contributed by atoms with Gasteiger partial charge < -0.3 is 9.88 Å². The van der Waals surface area contributed by atoms with Crippen molar-refractivity contribution in [2.75, 3.05) is 18.8 Å². The summed E-state index contributed by atoms with van der Waals surface area (Å²) in [5.74, 6) is 0.271. The van der Waals surface area contributed by atoms with Crippen LogP contribution in [0.2, 0.25) is 0 Å². The third-order valence-electron chi connectivity index (χ3n) is 4.71. The molecule has 4 rings (SSSR count). The summed E-state index contributed by atoms with van der Waals surface area (Å²) in [4.78, 5) is 42.4. The predicted octanol–water partition coefficient (Wildman–Crippen LogP) is 2.82. The summed E-state index contributed by atoms with van der Waals surface area (Å²) < 4.78 is 1.84. The van der Waals surface area contributed by atoms with E-state index in [2.05, 4.69) is 20.5 Å². The second-order valence-electron chi connectivity index (χ2n) is 6.99. The molecule has 3 amide bonds. The molecule has 0 bridgehead atoms. The van der Waals surface area contributed by atoms with E-state index < -0.39 is 0 Å². The van der Waals surface area contributed by atoms with Gasteiger partial charge in [-0.2, -0.15) is 0 Å². The van der Waals surface area contributed by atoms with Gasteiger partial charge >= 0.3 is 0 Å². The van der Waals surface area contributed by atoms with Crippen LogP contribution in [-0.4, -0.2) is 60.5 Å². The SMILES string of the molecule is Cn1c(SCC(=O)NCCN2C(=O)S/C(=C/c3cccnc3)C2=O)nnc1-c1ccccc1. The quantitative estimate of drug-likeness (QED) is 0.387. The number of benzene rings is 1. The number of hydrogen-bond donors (Lipinski definition) is 1. The van der Waals surface area contributed by atoms with E-state index in [1.54, 1.807) is 30.6 Å². The molecular formula is C22H20N6O3S2. The lowest BCUT2D eigenvalue weighted by Crippen LogP contribution is -2.37. The maximum atomic E-state index is 12.5. The summed E-state index contributed by atoms with van der Waals surface area (Å²) >= 11 is 2.15. The lowest BCUT2D eigenvalue weighted by molar-refractivity contribution is -0.123. The van der Waals surface area contributed by atoms with E-state index in [4.69, 9.17) is 0 Å². The number of nitrogens with zero attached hydrogens (tertiary/aromatic N) is 5. The van der Waals surface area contributed by atoms with Crippen LogP contribution >= 0.6 is 23.5 Å². The van der Waals surface area contributed by atoms with Crippen LogP contribution in [0.3, 0.4) is 0 Å². The maximum Gasteiger partial charge on any atom is 0.293 e. The Hall–Kier alpha value is -3.44. The minimum Gasteiger partial charge on any atom is -0.354 e. The second-order valence-corrected chi connectivity index (χ2v) is 8.93. The highest BCUT2D eigenvalue weighted by Crippen LogP contribution is 2.31. The maximum absolute atomic E-state index is 12.5. The van der Waals surface area contributed by atoms with Crippen LogP contribution in [0.4, 0.5) is 4.79 Å². The molecule has 3 heterocycles. The summed E-state index contributed by atoms with van der Waals surface area (Å²) in [6.07, 6.45) is 4.89. The molecule has 0 saturated carbocycles. The van der Waals surface area contributed by atoms with Crippen molar-refractivity contribution in [3.05, 3.63) is 65.3 Å². The van der Waals surface area contributed by atoms with Gasteiger partial charge in [0.15, 0.2) is 11.0 Å². The molecule has 9 nitrogen and oxygen atoms in total. The minimum atomic E-state index is -0.370. The summed E-state index contributed by atoms with van der Waals surface area (Å²) in [5, 5.41) is 11.4. The average molecular weight is 481 g/mol. The van der Waals surface area contributed by atoms with Gasteiger partial charge in [0.2, 0.25) is 5.91 Å². The molecule has 168 valence electrons. The van der Waals surface area contributed by atoms with Gasteiger partial charge in [-0.05, 0) is 29.5 Å². The fourth-order valence-corrected chi connectivity index (χ4v) is 4.68. The molecule has 1 aromatic carbocycles. The molecule has 1 fully saturated rings. The Kier molecular flexibility index (Phi) is 7.20. The molecule has 0 spiro atoms. The number of rotatable bonds is 8. The largest absolute Gasteiger partial charge is 0.354 e. The average Bonchev–Trinajstić information content (AvgIpc) is 3.32. The van der Waals surface area contributed by atoms with Crippen molar-refractivity contribution in [2.45, 2.75) is 5.16 Å². The highest BCUT2D eigenvalue weighted by Gasteiger charge is 2.34. The Morgan fingerprint density at radius 2 is 1.97 bits per heavy atom. The van der Waals surface area contributed by atoms with E-state index in [1.165, 1.54) is 11.8 Å². The van der Waals surface area contributed by atoms with Gasteiger partial charge in [0.25, 0.3) is 11.1 Å². The summed E-state index contributed by atoms with van der Waals surface area (Å²) in [5.41, 5.74) is 1.69. The van der Waals surface area contributed by atoms with Gasteiger partial charge in [0.1, 0.15) is 0 Å². The number of carbonyl (C=O) groups excluding carboxylic acids is 3. The third kappa shape index (κ3) is 5.49. The van der Waals surface area contributed by atoms with Gasteiger partial charge in [0.05, 0.1) is 10.7 Å². The smallest absolute Gasteiger partial charge is 0.293 e. The molecule has 0 unspecified atom stereocenters. The van der Waals surface area contributed by atoms with E-state index >= 15 is 0 Å². The van der Waals surface area contributed by atoms with Crippen LogP contribution in [0.5, 0.6) is 0 Å². The lowest BCUT2D eigenvalue weighted by Gasteiger charge is -2.12. The lowest BCUT2D eigenvalue weighted by atomic mass is 10.2. The summed E-state index contributed by atoms with van der Waals surface area (Å²) in [7, 11) is 1.85. The Bertz CT molecular complexity index is 1200. The molecule has 2 aromatic heterocycles. The number of thioether (sulfide) groups is 2. The number of amides is 3. The van der Waals surface area contributed by atoms with Crippen molar-refractivity contribution in [1.29, 1.82) is 0 Å². The Morgan fingerprint density at radius 3 is 2.73 bits per heavy atom. The number of carbonyl (C=O) groups is 3. The van der Waals surface area contributed by atoms with Gasteiger partial charge in [-0.1, -0.05) is 48.2 Å². The van der Waals surface area contributed by atoms with Crippen LogP contribution in [-0.2, 0) is 16.6 Å². The first-order chi connectivity index (χ1) is 16.0. The summed E-state index contributed by atoms with van der Waals surface area (Å²) in [6, 6.07) is 13.2. The van der Waals surface area contributed by atoms with E-state index in [1.807, 2.05) is 41.9 Å². The monoisotopic (exact) mass is 480 g/mol. The van der Waals surface area contributed by atoms with E-state index in [0.29, 0.717) is 10.1 Å². The van der Waals surface area contributed by atoms with Crippen molar-refractivity contribution >= 4 is 46.7 Å². The number of nitrogens with one attached hydrogen (secondary N) is 1. The standard InChI is InChI=1S/C22H20N6O3S2/c1-27-19(16-7-3-2-4-8-16)25-26-21(27)32-14-18(29)24-10-11-28-20(30)17(33-22(28)31)12-15-6-5-9-23-13-15/h2-9,12-13H,10-11,14H2,1H3,(H,24,29)/b17-12+. The first-order valence-corrected chi connectivity index (χ1v) is 11.8. The number of imide groups is 1. The van der Waals surface area contributed by atoms with Crippen molar-refractivity contribution < 1.29 is 14.4 Å². The zero-order chi connectivity index (χ0) is 23.2. The van der Waals surface area contributed by atoms with Crippen LogP contribution in [0.15, 0.2) is 64.9 Å². The van der Waals surface area contributed by atoms with Gasteiger partial charge in [-0.3, -0.25) is 24.3 Å². The molecule has 0 radical (unpaired) electrons. The van der Waals surface area contributed by atoms with Gasteiger partial charge in [0, 0.05) is 38.1 Å². The Labute approximate surface area is 198 Å². The minimum absolute atomic E-state index is 0.105. The molecule has 3 aromatic rings. The van der Waals surface area contributed by atoms with E-state index in [0.717, 1.165) is 33.6 Å². The molecule has 33 heavy (non-hydrogen) atoms. The number of hydrogen-bond acceptors (Lipinski definition) is 8. The van der Waals surface area contributed by atoms with Crippen LogP contribution in [0.1, 0.15) is 5.56 Å². The number of pyridine rings is 1. The highest BCUT2D eigenvalue weighted by molar-refractivity contribution is 8.18. The highest BCUT2D eigenvalue weighted by atomic mass is 32.2. The summed E-state index contributed by atoms with van der Waals surface area (Å²) in [6.45, 7) is 0.277. The Balaban J connectivity index is 1.25. The first kappa shape index (κ1) is 22.7. The Morgan fingerprint density at radius 1 is 1.15 bits per heavy atom. The van der Waals surface area contributed by atoms with Crippen molar-refractivity contribution in [2.24, 2.45) is 7.05 Å². The number of aromatic nitrogens is 4. The van der Waals surface area contributed by atoms with Gasteiger partial charge in [-0.25, -0.2) is 0 Å². The molecule has 0 aliphatic carbocycles. The molecule has 0 atom stereocenters. The first-order valence-electron chi connectivity index (χ1n) is 10.0. The zero-order valence-electron chi connectivity index (χ0n) is 17.7. The topological polar surface area (TPSA) is 110 Å². The van der Waals surface area contributed by atoms with E-state index in [-0.39, 0.29) is 35.9 Å².